The van der Waals surface area contributed by atoms with Crippen molar-refractivity contribution in [2.45, 2.75) is 70.7 Å². The van der Waals surface area contributed by atoms with Gasteiger partial charge in [-0.05, 0) is 112 Å². The van der Waals surface area contributed by atoms with Crippen LogP contribution < -0.4 is 21.3 Å². The Morgan fingerprint density at radius 1 is 0.952 bits per heavy atom. The molecule has 62 heavy (non-hydrogen) atoms. The Morgan fingerprint density at radius 2 is 1.58 bits per heavy atom. The third-order valence-corrected chi connectivity index (χ3v) is 10.2. The molecule has 3 amide bonds. The molecule has 6 N–H and O–H groups in total. The monoisotopic (exact) mass is 866 g/mol. The van der Waals surface area contributed by atoms with Crippen molar-refractivity contribution in [3.05, 3.63) is 72.4 Å². The minimum atomic E-state index is -5.08. The number of halogens is 3. The van der Waals surface area contributed by atoms with Gasteiger partial charge in [0.15, 0.2) is 0 Å². The van der Waals surface area contributed by atoms with Gasteiger partial charge in [-0.3, -0.25) is 14.5 Å². The summed E-state index contributed by atoms with van der Waals surface area (Å²) in [5, 5.41) is 27.5. The fraction of sp³-hybridized carbons (Fsp3) is 0.476. The lowest BCUT2D eigenvalue weighted by Gasteiger charge is -2.32. The van der Waals surface area contributed by atoms with Crippen LogP contribution in [0.5, 0.6) is 0 Å². The highest BCUT2D eigenvalue weighted by molar-refractivity contribution is 6.17. The first kappa shape index (κ1) is 47.1. The van der Waals surface area contributed by atoms with Crippen molar-refractivity contribution < 1.29 is 46.9 Å². The van der Waals surface area contributed by atoms with Crippen molar-refractivity contribution in [3.63, 3.8) is 0 Å². The number of hydrogen-bond donors (Lipinski definition) is 5. The molecule has 1 saturated carbocycles. The maximum Gasteiger partial charge on any atom is 0.490 e. The number of carbonyl (C=O) groups is 4. The summed E-state index contributed by atoms with van der Waals surface area (Å²) >= 11 is 0. The SMILES string of the molecule is CC(C)(C)OC(=O)NCC1CCC(C(=O)N(C(=O)[C@@H](N)Cc2ccc(-c3ccc(NCCN4CCOCC4)nc3)cc2)c2ccc(-c3nn[nH]n3)cc2)CC1.O=C(O)C(F)(F)F. The highest BCUT2D eigenvalue weighted by Gasteiger charge is 2.38. The van der Waals surface area contributed by atoms with E-state index in [4.69, 9.17) is 25.1 Å². The number of carboxylic acids is 1. The number of carbonyl (C=O) groups excluding carboxylic acids is 3. The first-order valence-corrected chi connectivity index (χ1v) is 20.3. The number of amides is 3. The number of aromatic amines is 1. The lowest BCUT2D eigenvalue weighted by Crippen LogP contribution is -2.50. The van der Waals surface area contributed by atoms with E-state index < -0.39 is 35.8 Å². The Bertz CT molecular complexity index is 2050. The summed E-state index contributed by atoms with van der Waals surface area (Å²) in [5.41, 5.74) is 9.96. The van der Waals surface area contributed by atoms with Crippen molar-refractivity contribution in [2.24, 2.45) is 17.6 Å². The number of imide groups is 1. The Hall–Kier alpha value is -5.99. The second kappa shape index (κ2) is 21.7. The predicted molar refractivity (Wildman–Crippen MR) is 223 cm³/mol. The minimum absolute atomic E-state index is 0.205. The van der Waals surface area contributed by atoms with E-state index in [0.29, 0.717) is 36.5 Å². The molecule has 20 heteroatoms. The van der Waals surface area contributed by atoms with Gasteiger partial charge in [0, 0.05) is 56.0 Å². The van der Waals surface area contributed by atoms with Gasteiger partial charge in [-0.1, -0.05) is 24.3 Å². The molecule has 6 rings (SSSR count). The van der Waals surface area contributed by atoms with Crippen LogP contribution in [0.2, 0.25) is 0 Å². The second-order valence-corrected chi connectivity index (χ2v) is 16.0. The van der Waals surface area contributed by atoms with E-state index in [1.165, 1.54) is 4.90 Å². The van der Waals surface area contributed by atoms with E-state index in [0.717, 1.165) is 74.7 Å². The van der Waals surface area contributed by atoms with E-state index in [-0.39, 0.29) is 24.2 Å². The van der Waals surface area contributed by atoms with Crippen LogP contribution in [0, 0.1) is 11.8 Å². The quantitative estimate of drug-likeness (QED) is 0.118. The van der Waals surface area contributed by atoms with Crippen LogP contribution in [-0.4, -0.2) is 123 Å². The summed E-state index contributed by atoms with van der Waals surface area (Å²) in [6.45, 7) is 11.2. The number of benzene rings is 2. The summed E-state index contributed by atoms with van der Waals surface area (Å²) in [6, 6.07) is 17.8. The van der Waals surface area contributed by atoms with Crippen LogP contribution in [0.1, 0.15) is 52.0 Å². The van der Waals surface area contributed by atoms with Crippen molar-refractivity contribution >= 4 is 35.4 Å². The van der Waals surface area contributed by atoms with Gasteiger partial charge < -0.3 is 30.9 Å². The van der Waals surface area contributed by atoms with Crippen LogP contribution in [0.4, 0.5) is 29.5 Å². The Balaban J connectivity index is 0.000000955. The summed E-state index contributed by atoms with van der Waals surface area (Å²) in [4.78, 5) is 57.6. The zero-order valence-corrected chi connectivity index (χ0v) is 34.9. The number of carboxylic acid groups (broad SMARTS) is 1. The van der Waals surface area contributed by atoms with Gasteiger partial charge in [-0.15, -0.1) is 10.2 Å². The smallest absolute Gasteiger partial charge is 0.475 e. The molecule has 4 aromatic rings. The molecule has 1 aliphatic carbocycles. The number of aliphatic carboxylic acids is 1. The number of H-pyrrole nitrogens is 1. The first-order chi connectivity index (χ1) is 29.5. The van der Waals surface area contributed by atoms with E-state index in [2.05, 4.69) is 41.1 Å². The number of nitrogens with zero attached hydrogens (tertiary/aromatic N) is 6. The molecule has 2 aliphatic rings. The van der Waals surface area contributed by atoms with E-state index in [1.807, 2.05) is 63.4 Å². The number of aromatic nitrogens is 5. The summed E-state index contributed by atoms with van der Waals surface area (Å²) in [7, 11) is 0. The summed E-state index contributed by atoms with van der Waals surface area (Å²) in [6.07, 6.45) is -0.815. The standard InChI is InChI=1S/C40H52N10O5.C2HF3O2/c1-40(2,3)55-39(53)44-25-28-6-10-31(11-7-28)37(51)50(33-15-12-30(13-16-33)36-45-47-48-46-36)38(52)34(41)24-27-4-8-29(9-5-27)32-14-17-35(43-26-32)42-18-19-49-20-22-54-23-21-49;3-2(4,5)1(6)7/h4-5,8-9,12-17,26,28,31,34H,6-7,10-11,18-25,41H2,1-3H3,(H,42,43)(H,44,53)(H,45,46,47,48);(H,6,7)/t28?,31?,34-;/m0./s1. The third-order valence-electron chi connectivity index (χ3n) is 10.2. The highest BCUT2D eigenvalue weighted by Crippen LogP contribution is 2.32. The molecule has 0 unspecified atom stereocenters. The molecular weight excluding hydrogens is 814 g/mol. The highest BCUT2D eigenvalue weighted by atomic mass is 19.4. The van der Waals surface area contributed by atoms with E-state index in [1.54, 1.807) is 24.3 Å². The van der Waals surface area contributed by atoms with Crippen LogP contribution >= 0.6 is 0 Å². The number of pyridine rings is 1. The zero-order valence-electron chi connectivity index (χ0n) is 34.9. The lowest BCUT2D eigenvalue weighted by atomic mass is 9.81. The molecule has 1 aliphatic heterocycles. The summed E-state index contributed by atoms with van der Waals surface area (Å²) in [5.74, 6) is -2.46. The number of tetrazole rings is 1. The van der Waals surface area contributed by atoms with E-state index >= 15 is 0 Å². The number of alkyl halides is 3. The minimum Gasteiger partial charge on any atom is -0.475 e. The van der Waals surface area contributed by atoms with Crippen molar-refractivity contribution in [1.29, 1.82) is 0 Å². The Morgan fingerprint density at radius 3 is 2.15 bits per heavy atom. The number of hydrogen-bond acceptors (Lipinski definition) is 13. The van der Waals surface area contributed by atoms with Gasteiger partial charge in [0.2, 0.25) is 11.7 Å². The van der Waals surface area contributed by atoms with Crippen LogP contribution in [0.25, 0.3) is 22.5 Å². The molecule has 2 aromatic heterocycles. The van der Waals surface area contributed by atoms with Gasteiger partial charge in [0.25, 0.3) is 5.91 Å². The molecule has 0 bridgehead atoms. The number of nitrogens with two attached hydrogens (primary N) is 1. The van der Waals surface area contributed by atoms with Crippen LogP contribution in [0.15, 0.2) is 66.9 Å². The first-order valence-electron chi connectivity index (χ1n) is 20.3. The van der Waals surface area contributed by atoms with Gasteiger partial charge in [0.1, 0.15) is 11.4 Å². The maximum atomic E-state index is 14.2. The normalized spacial score (nSPS) is 17.5. The lowest BCUT2D eigenvalue weighted by molar-refractivity contribution is -0.192. The van der Waals surface area contributed by atoms with Crippen molar-refractivity contribution in [1.82, 2.24) is 35.8 Å². The fourth-order valence-electron chi connectivity index (χ4n) is 6.92. The zero-order chi connectivity index (χ0) is 44.9. The second-order valence-electron chi connectivity index (χ2n) is 16.0. The molecule has 334 valence electrons. The number of ether oxygens (including phenoxy) is 2. The van der Waals surface area contributed by atoms with Gasteiger partial charge in [-0.25, -0.2) is 19.5 Å². The van der Waals surface area contributed by atoms with E-state index in [9.17, 15) is 27.6 Å². The third kappa shape index (κ3) is 14.3. The Kier molecular flexibility index (Phi) is 16.5. The molecule has 0 spiro atoms. The average Bonchev–Trinajstić information content (AvgIpc) is 3.79. The van der Waals surface area contributed by atoms with Gasteiger partial charge in [0.05, 0.1) is 24.9 Å². The van der Waals surface area contributed by atoms with Crippen LogP contribution in [0.3, 0.4) is 0 Å². The van der Waals surface area contributed by atoms with Crippen molar-refractivity contribution in [2.75, 3.05) is 56.2 Å². The molecular formula is C42H53F3N10O7. The molecule has 1 saturated heterocycles. The summed E-state index contributed by atoms with van der Waals surface area (Å²) < 4.78 is 42.5. The fourth-order valence-corrected chi connectivity index (χ4v) is 6.92. The number of alkyl carbamates (subject to hydrolysis) is 1. The average molecular weight is 867 g/mol. The molecule has 0 radical (unpaired) electrons. The molecule has 3 heterocycles. The van der Waals surface area contributed by atoms with Gasteiger partial charge in [-0.2, -0.15) is 18.4 Å². The van der Waals surface area contributed by atoms with Crippen molar-refractivity contribution in [3.8, 4) is 22.5 Å². The maximum absolute atomic E-state index is 14.2. The largest absolute Gasteiger partial charge is 0.490 e. The topological polar surface area (TPSA) is 231 Å². The van der Waals surface area contributed by atoms with Crippen LogP contribution in [-0.2, 0) is 30.3 Å². The molecule has 17 nitrogen and oxygen atoms in total. The van der Waals surface area contributed by atoms with Gasteiger partial charge >= 0.3 is 18.2 Å². The number of morpholine rings is 1. The molecule has 1 atom stereocenters. The predicted octanol–water partition coefficient (Wildman–Crippen LogP) is 5.07. The molecule has 2 aromatic carbocycles. The number of anilines is 2. The Labute approximate surface area is 356 Å². The number of nitrogens with one attached hydrogen (secondary N) is 3. The molecule has 2 fully saturated rings. The number of rotatable bonds is 13.